The first-order chi connectivity index (χ1) is 11.8. The van der Waals surface area contributed by atoms with Crippen LogP contribution in [0.15, 0.2) is 0 Å². The minimum atomic E-state index is -0.838. The summed E-state index contributed by atoms with van der Waals surface area (Å²) in [6.45, 7) is 10.2. The largest absolute Gasteiger partial charge is 0.444 e. The van der Waals surface area contributed by atoms with Crippen LogP contribution in [-0.2, 0) is 28.8 Å². The lowest BCUT2D eigenvalue weighted by Crippen LogP contribution is -2.34. The predicted octanol–water partition coefficient (Wildman–Crippen LogP) is 1.82. The van der Waals surface area contributed by atoms with E-state index < -0.39 is 35.3 Å². The summed E-state index contributed by atoms with van der Waals surface area (Å²) in [5, 5.41) is 4.72. The second-order valence-corrected chi connectivity index (χ2v) is 7.27. The lowest BCUT2D eigenvalue weighted by Gasteiger charge is -2.19. The molecule has 0 fully saturated rings. The van der Waals surface area contributed by atoms with E-state index in [1.54, 1.807) is 41.5 Å². The van der Waals surface area contributed by atoms with E-state index in [0.717, 1.165) is 0 Å². The zero-order chi connectivity index (χ0) is 20.4. The molecule has 0 heterocycles. The maximum absolute atomic E-state index is 11.4. The first kappa shape index (κ1) is 23.5. The first-order valence-electron chi connectivity index (χ1n) is 8.12. The molecule has 0 radical (unpaired) electrons. The van der Waals surface area contributed by atoms with E-state index in [9.17, 15) is 19.2 Å². The molecule has 10 nitrogen and oxygen atoms in total. The molecule has 0 aromatic rings. The highest BCUT2D eigenvalue weighted by Gasteiger charge is 2.18. The molecule has 0 aromatic carbocycles. The Morgan fingerprint density at radius 2 is 0.962 bits per heavy atom. The van der Waals surface area contributed by atoms with Crippen molar-refractivity contribution in [1.82, 2.24) is 10.6 Å². The average molecular weight is 376 g/mol. The lowest BCUT2D eigenvalue weighted by atomic mass is 10.2. The van der Waals surface area contributed by atoms with E-state index in [2.05, 4.69) is 20.4 Å². The summed E-state index contributed by atoms with van der Waals surface area (Å²) in [5.41, 5.74) is -1.29. The van der Waals surface area contributed by atoms with Gasteiger partial charge < -0.3 is 20.1 Å². The van der Waals surface area contributed by atoms with Gasteiger partial charge in [-0.2, -0.15) is 0 Å². The molecule has 0 atom stereocenters. The Morgan fingerprint density at radius 3 is 1.23 bits per heavy atom. The van der Waals surface area contributed by atoms with E-state index in [1.165, 1.54) is 0 Å². The predicted molar refractivity (Wildman–Crippen MR) is 89.9 cm³/mol. The molecule has 0 aliphatic heterocycles. The molecule has 0 saturated heterocycles. The number of alkyl carbamates (subject to hydrolysis) is 2. The second kappa shape index (κ2) is 10.5. The highest BCUT2D eigenvalue weighted by atomic mass is 17.2. The topological polar surface area (TPSA) is 129 Å². The van der Waals surface area contributed by atoms with Gasteiger partial charge in [0.2, 0.25) is 0 Å². The van der Waals surface area contributed by atoms with Crippen LogP contribution in [0.4, 0.5) is 9.59 Å². The molecule has 0 spiro atoms. The molecular formula is C16H28N2O8. The van der Waals surface area contributed by atoms with Crippen molar-refractivity contribution in [2.45, 2.75) is 65.6 Å². The molecule has 0 aliphatic rings. The van der Waals surface area contributed by atoms with Crippen LogP contribution in [0.5, 0.6) is 0 Å². The summed E-state index contributed by atoms with van der Waals surface area (Å²) in [6, 6.07) is 0. The Kier molecular flexibility index (Phi) is 9.45. The monoisotopic (exact) mass is 376 g/mol. The number of nitrogens with one attached hydrogen (secondary N) is 2. The van der Waals surface area contributed by atoms with Gasteiger partial charge >= 0.3 is 24.1 Å². The Hall–Kier alpha value is -2.52. The van der Waals surface area contributed by atoms with E-state index in [-0.39, 0.29) is 25.9 Å². The van der Waals surface area contributed by atoms with Crippen molar-refractivity contribution >= 4 is 24.1 Å². The fourth-order valence-electron chi connectivity index (χ4n) is 1.34. The van der Waals surface area contributed by atoms with E-state index in [0.29, 0.717) is 0 Å². The molecular weight excluding hydrogens is 348 g/mol. The molecule has 0 aromatic heterocycles. The van der Waals surface area contributed by atoms with Gasteiger partial charge in [-0.05, 0) is 41.5 Å². The molecule has 0 aliphatic carbocycles. The number of ether oxygens (including phenoxy) is 2. The van der Waals surface area contributed by atoms with Crippen molar-refractivity contribution in [2.24, 2.45) is 0 Å². The smallest absolute Gasteiger partial charge is 0.407 e. The van der Waals surface area contributed by atoms with Crippen molar-refractivity contribution < 1.29 is 38.4 Å². The fraction of sp³-hybridized carbons (Fsp3) is 0.750. The quantitative estimate of drug-likeness (QED) is 0.530. The fourth-order valence-corrected chi connectivity index (χ4v) is 1.34. The van der Waals surface area contributed by atoms with Gasteiger partial charge in [-0.15, -0.1) is 0 Å². The van der Waals surface area contributed by atoms with Crippen molar-refractivity contribution in [3.63, 3.8) is 0 Å². The third-order valence-corrected chi connectivity index (χ3v) is 2.22. The Labute approximate surface area is 152 Å². The summed E-state index contributed by atoms with van der Waals surface area (Å²) < 4.78 is 9.96. The van der Waals surface area contributed by atoms with Crippen molar-refractivity contribution in [1.29, 1.82) is 0 Å². The molecule has 0 unspecified atom stereocenters. The summed E-state index contributed by atoms with van der Waals surface area (Å²) >= 11 is 0. The van der Waals surface area contributed by atoms with Crippen molar-refractivity contribution in [2.75, 3.05) is 13.1 Å². The molecule has 0 rings (SSSR count). The lowest BCUT2D eigenvalue weighted by molar-refractivity contribution is -0.258. The highest BCUT2D eigenvalue weighted by Crippen LogP contribution is 2.07. The normalized spacial score (nSPS) is 11.2. The molecule has 26 heavy (non-hydrogen) atoms. The number of hydrogen-bond acceptors (Lipinski definition) is 8. The molecule has 2 N–H and O–H groups in total. The van der Waals surface area contributed by atoms with Crippen molar-refractivity contribution in [3.8, 4) is 0 Å². The van der Waals surface area contributed by atoms with Crippen LogP contribution in [-0.4, -0.2) is 48.4 Å². The Balaban J connectivity index is 3.81. The number of carbonyl (C=O) groups is 4. The van der Waals surface area contributed by atoms with Gasteiger partial charge in [-0.1, -0.05) is 0 Å². The zero-order valence-electron chi connectivity index (χ0n) is 16.1. The minimum absolute atomic E-state index is 0.0362. The minimum Gasteiger partial charge on any atom is -0.444 e. The third-order valence-electron chi connectivity index (χ3n) is 2.22. The number of rotatable bonds is 6. The molecule has 10 heteroatoms. The zero-order valence-corrected chi connectivity index (χ0v) is 16.1. The van der Waals surface area contributed by atoms with Crippen LogP contribution in [0.2, 0.25) is 0 Å². The Bertz CT molecular complexity index is 459. The van der Waals surface area contributed by atoms with Crippen LogP contribution in [0.25, 0.3) is 0 Å². The summed E-state index contributed by atoms with van der Waals surface area (Å²) in [5.74, 6) is -1.68. The van der Waals surface area contributed by atoms with E-state index in [1.807, 2.05) is 0 Å². The van der Waals surface area contributed by atoms with Gasteiger partial charge in [0.15, 0.2) is 0 Å². The second-order valence-electron chi connectivity index (χ2n) is 7.27. The van der Waals surface area contributed by atoms with Crippen LogP contribution in [0.3, 0.4) is 0 Å². The average Bonchev–Trinajstić information content (AvgIpc) is 2.41. The molecule has 0 bridgehead atoms. The summed E-state index contributed by atoms with van der Waals surface area (Å²) in [7, 11) is 0. The van der Waals surface area contributed by atoms with Gasteiger partial charge in [0, 0.05) is 13.1 Å². The summed E-state index contributed by atoms with van der Waals surface area (Å²) in [6.07, 6.45) is -1.75. The van der Waals surface area contributed by atoms with Gasteiger partial charge in [-0.25, -0.2) is 29.0 Å². The maximum atomic E-state index is 11.4. The molecule has 150 valence electrons. The van der Waals surface area contributed by atoms with Crippen LogP contribution in [0, 0.1) is 0 Å². The van der Waals surface area contributed by atoms with E-state index in [4.69, 9.17) is 9.47 Å². The highest BCUT2D eigenvalue weighted by molar-refractivity contribution is 5.74. The summed E-state index contributed by atoms with van der Waals surface area (Å²) in [4.78, 5) is 54.0. The Morgan fingerprint density at radius 1 is 0.654 bits per heavy atom. The number of hydrogen-bond donors (Lipinski definition) is 2. The number of carbonyl (C=O) groups excluding carboxylic acids is 4. The molecule has 0 saturated carbocycles. The van der Waals surface area contributed by atoms with Gasteiger partial charge in [0.25, 0.3) is 0 Å². The SMILES string of the molecule is CC(C)(C)OC(=O)NCCC(=O)OOC(=O)CCNC(=O)OC(C)(C)C. The number of amides is 2. The van der Waals surface area contributed by atoms with E-state index >= 15 is 0 Å². The molecule has 2 amide bonds. The van der Waals surface area contributed by atoms with Gasteiger partial charge in [-0.3, -0.25) is 0 Å². The standard InChI is InChI=1S/C16H28N2O8/c1-15(2,3)23-13(21)17-9-7-11(19)25-26-12(20)8-10-18-14(22)24-16(4,5)6/h7-10H2,1-6H3,(H,17,21)(H,18,22). The van der Waals surface area contributed by atoms with Gasteiger partial charge in [0.05, 0.1) is 12.8 Å². The van der Waals surface area contributed by atoms with Crippen LogP contribution in [0.1, 0.15) is 54.4 Å². The first-order valence-corrected chi connectivity index (χ1v) is 8.12. The van der Waals surface area contributed by atoms with Crippen LogP contribution >= 0.6 is 0 Å². The van der Waals surface area contributed by atoms with Crippen molar-refractivity contribution in [3.05, 3.63) is 0 Å². The maximum Gasteiger partial charge on any atom is 0.407 e. The van der Waals surface area contributed by atoms with Gasteiger partial charge in [0.1, 0.15) is 11.2 Å². The van der Waals surface area contributed by atoms with Crippen LogP contribution < -0.4 is 10.6 Å². The third kappa shape index (κ3) is 15.0.